The van der Waals surface area contributed by atoms with Gasteiger partial charge in [-0.25, -0.2) is 18.1 Å². The summed E-state index contributed by atoms with van der Waals surface area (Å²) in [6, 6.07) is 1.67. The van der Waals surface area contributed by atoms with Crippen LogP contribution in [0.4, 0.5) is 0 Å². The first kappa shape index (κ1) is 15.6. The lowest BCUT2D eigenvalue weighted by molar-refractivity contribution is 0.576. The number of aromatic nitrogens is 1. The van der Waals surface area contributed by atoms with E-state index < -0.39 is 10.0 Å². The second-order valence-corrected chi connectivity index (χ2v) is 8.56. The van der Waals surface area contributed by atoms with E-state index in [1.54, 1.807) is 12.3 Å². The van der Waals surface area contributed by atoms with Crippen LogP contribution in [0.15, 0.2) is 21.9 Å². The molecule has 0 aromatic carbocycles. The van der Waals surface area contributed by atoms with E-state index in [1.807, 2.05) is 19.2 Å². The normalized spacial score (nSPS) is 13.6. The Bertz CT molecular complexity index is 662. The fraction of sp³-hybridized carbons (Fsp3) is 0.417. The van der Waals surface area contributed by atoms with Gasteiger partial charge in [0.15, 0.2) is 0 Å². The molecule has 0 aliphatic rings. The van der Waals surface area contributed by atoms with Crippen molar-refractivity contribution >= 4 is 32.7 Å². The summed E-state index contributed by atoms with van der Waals surface area (Å²) in [5, 5.41) is 2.81. The Balaban J connectivity index is 2.07. The molecule has 0 radical (unpaired) electrons. The van der Waals surface area contributed by atoms with Crippen molar-refractivity contribution in [2.24, 2.45) is 5.73 Å². The van der Waals surface area contributed by atoms with Gasteiger partial charge in [-0.3, -0.25) is 0 Å². The van der Waals surface area contributed by atoms with Crippen molar-refractivity contribution in [1.82, 2.24) is 9.71 Å². The number of hydrogen-bond acceptors (Lipinski definition) is 6. The van der Waals surface area contributed by atoms with E-state index in [0.717, 1.165) is 15.4 Å². The molecule has 5 nitrogen and oxygen atoms in total. The second-order valence-electron chi connectivity index (χ2n) is 4.50. The van der Waals surface area contributed by atoms with Crippen molar-refractivity contribution < 1.29 is 8.42 Å². The highest BCUT2D eigenvalue weighted by Gasteiger charge is 2.20. The van der Waals surface area contributed by atoms with Gasteiger partial charge >= 0.3 is 0 Å². The second kappa shape index (κ2) is 6.31. The summed E-state index contributed by atoms with van der Waals surface area (Å²) >= 11 is 2.75. The molecule has 1 atom stereocenters. The van der Waals surface area contributed by atoms with E-state index >= 15 is 0 Å². The first-order valence-electron chi connectivity index (χ1n) is 6.12. The molecule has 3 N–H and O–H groups in total. The van der Waals surface area contributed by atoms with Crippen LogP contribution < -0.4 is 10.5 Å². The molecule has 0 amide bonds. The van der Waals surface area contributed by atoms with Crippen molar-refractivity contribution in [3.05, 3.63) is 33.1 Å². The molecule has 0 spiro atoms. The number of rotatable bonds is 6. The molecule has 2 heterocycles. The first-order valence-corrected chi connectivity index (χ1v) is 9.30. The number of nitrogens with zero attached hydrogens (tertiary/aromatic N) is 1. The number of nitrogens with two attached hydrogens (primary N) is 1. The van der Waals surface area contributed by atoms with E-state index in [-0.39, 0.29) is 5.92 Å². The van der Waals surface area contributed by atoms with Crippen molar-refractivity contribution in [3.63, 3.8) is 0 Å². The fourth-order valence-corrected chi connectivity index (χ4v) is 5.04. The molecule has 0 saturated heterocycles. The molecule has 2 aromatic heterocycles. The lowest BCUT2D eigenvalue weighted by atomic mass is 10.2. The van der Waals surface area contributed by atoms with Crippen molar-refractivity contribution in [3.8, 4) is 0 Å². The van der Waals surface area contributed by atoms with Crippen LogP contribution in [0, 0.1) is 6.92 Å². The quantitative estimate of drug-likeness (QED) is 0.848. The maximum atomic E-state index is 12.2. The van der Waals surface area contributed by atoms with Crippen molar-refractivity contribution in [1.29, 1.82) is 0 Å². The zero-order valence-electron chi connectivity index (χ0n) is 11.3. The van der Waals surface area contributed by atoms with Gasteiger partial charge in [0, 0.05) is 35.5 Å². The van der Waals surface area contributed by atoms with Gasteiger partial charge in [-0.2, -0.15) is 0 Å². The van der Waals surface area contributed by atoms with Crippen molar-refractivity contribution in [2.45, 2.75) is 30.5 Å². The number of aryl methyl sites for hydroxylation is 1. The Morgan fingerprint density at radius 1 is 1.50 bits per heavy atom. The monoisotopic (exact) mass is 331 g/mol. The van der Waals surface area contributed by atoms with Crippen LogP contribution in [0.1, 0.15) is 28.3 Å². The molecule has 110 valence electrons. The minimum atomic E-state index is -3.47. The van der Waals surface area contributed by atoms with Gasteiger partial charge in [-0.05, 0) is 18.6 Å². The number of nitrogens with one attached hydrogen (secondary N) is 1. The summed E-state index contributed by atoms with van der Waals surface area (Å²) < 4.78 is 27.4. The van der Waals surface area contributed by atoms with Crippen LogP contribution in [0.3, 0.4) is 0 Å². The third kappa shape index (κ3) is 3.44. The Kier molecular flexibility index (Phi) is 4.92. The molecule has 20 heavy (non-hydrogen) atoms. The lowest BCUT2D eigenvalue weighted by Crippen LogP contribution is -2.27. The SMILES string of the molecule is Cc1cc(S(=O)(=O)NCC(C)c2nccs2)sc1CN. The summed E-state index contributed by atoms with van der Waals surface area (Å²) in [6.07, 6.45) is 1.72. The predicted molar refractivity (Wildman–Crippen MR) is 82.7 cm³/mol. The maximum absolute atomic E-state index is 12.2. The van der Waals surface area contributed by atoms with Gasteiger partial charge in [0.1, 0.15) is 4.21 Å². The maximum Gasteiger partial charge on any atom is 0.250 e. The minimum Gasteiger partial charge on any atom is -0.326 e. The standard InChI is InChI=1S/C12H17N3O2S3/c1-8-5-11(19-10(8)6-13)20(16,17)15-7-9(2)12-14-3-4-18-12/h3-5,9,15H,6-7,13H2,1-2H3. The van der Waals surface area contributed by atoms with Gasteiger partial charge in [0.25, 0.3) is 0 Å². The fourth-order valence-electron chi connectivity index (χ4n) is 1.69. The Hall–Kier alpha value is -0.800. The van der Waals surface area contributed by atoms with Crippen LogP contribution >= 0.6 is 22.7 Å². The largest absolute Gasteiger partial charge is 0.326 e. The molecule has 1 unspecified atom stereocenters. The van der Waals surface area contributed by atoms with Crippen LogP contribution in [0.5, 0.6) is 0 Å². The Morgan fingerprint density at radius 2 is 2.25 bits per heavy atom. The zero-order chi connectivity index (χ0) is 14.8. The van der Waals surface area contributed by atoms with E-state index in [2.05, 4.69) is 9.71 Å². The van der Waals surface area contributed by atoms with Gasteiger partial charge in [-0.15, -0.1) is 22.7 Å². The lowest BCUT2D eigenvalue weighted by Gasteiger charge is -2.09. The van der Waals surface area contributed by atoms with Gasteiger partial charge in [0.2, 0.25) is 10.0 Å². The van der Waals surface area contributed by atoms with Crippen molar-refractivity contribution in [2.75, 3.05) is 6.54 Å². The van der Waals surface area contributed by atoms with Gasteiger partial charge in [-0.1, -0.05) is 6.92 Å². The summed E-state index contributed by atoms with van der Waals surface area (Å²) in [7, 11) is -3.47. The third-order valence-electron chi connectivity index (χ3n) is 2.90. The number of sulfonamides is 1. The smallest absolute Gasteiger partial charge is 0.250 e. The van der Waals surface area contributed by atoms with Crippen LogP contribution in [0.25, 0.3) is 0 Å². The first-order chi connectivity index (χ1) is 9.44. The van der Waals surface area contributed by atoms with E-state index in [0.29, 0.717) is 17.3 Å². The molecule has 0 aliphatic heterocycles. The molecule has 0 fully saturated rings. The summed E-state index contributed by atoms with van der Waals surface area (Å²) in [5.74, 6) is 0.0554. The van der Waals surface area contributed by atoms with Crippen LogP contribution in [0.2, 0.25) is 0 Å². The summed E-state index contributed by atoms with van der Waals surface area (Å²) in [6.45, 7) is 4.52. The highest BCUT2D eigenvalue weighted by molar-refractivity contribution is 7.91. The Morgan fingerprint density at radius 3 is 2.80 bits per heavy atom. The topological polar surface area (TPSA) is 85.1 Å². The molecule has 0 aliphatic carbocycles. The highest BCUT2D eigenvalue weighted by Crippen LogP contribution is 2.26. The summed E-state index contributed by atoms with van der Waals surface area (Å²) in [4.78, 5) is 5.09. The molecule has 0 saturated carbocycles. The van der Waals surface area contributed by atoms with E-state index in [9.17, 15) is 8.42 Å². The molecule has 0 bridgehead atoms. The Labute approximate surface area is 126 Å². The van der Waals surface area contributed by atoms with Gasteiger partial charge < -0.3 is 5.73 Å². The number of thiophene rings is 1. The highest BCUT2D eigenvalue weighted by atomic mass is 32.2. The van der Waals surface area contributed by atoms with E-state index in [4.69, 9.17) is 5.73 Å². The zero-order valence-corrected chi connectivity index (χ0v) is 13.7. The molecular weight excluding hydrogens is 314 g/mol. The number of hydrogen-bond donors (Lipinski definition) is 2. The minimum absolute atomic E-state index is 0.0554. The third-order valence-corrected chi connectivity index (χ3v) is 7.06. The predicted octanol–water partition coefficient (Wildman–Crippen LogP) is 2.05. The average molecular weight is 331 g/mol. The number of thiazole rings is 1. The van der Waals surface area contributed by atoms with E-state index in [1.165, 1.54) is 22.7 Å². The molecule has 8 heteroatoms. The van der Waals surface area contributed by atoms with Gasteiger partial charge in [0.05, 0.1) is 5.01 Å². The van der Waals surface area contributed by atoms with Crippen LogP contribution in [-0.2, 0) is 16.6 Å². The molecule has 2 rings (SSSR count). The summed E-state index contributed by atoms with van der Waals surface area (Å²) in [5.41, 5.74) is 6.50. The van der Waals surface area contributed by atoms with Crippen LogP contribution in [-0.4, -0.2) is 19.9 Å². The average Bonchev–Trinajstić information content (AvgIpc) is 3.05. The molecular formula is C12H17N3O2S3. The molecule has 2 aromatic rings.